The molecule has 0 aromatic heterocycles. The van der Waals surface area contributed by atoms with Crippen molar-refractivity contribution in [2.75, 3.05) is 11.9 Å². The van der Waals surface area contributed by atoms with Gasteiger partial charge >= 0.3 is 0 Å². The van der Waals surface area contributed by atoms with Gasteiger partial charge in [-0.2, -0.15) is 5.26 Å². The molecule has 0 aliphatic carbocycles. The Kier molecular flexibility index (Phi) is 5.16. The lowest BCUT2D eigenvalue weighted by molar-refractivity contribution is -0.118. The molecule has 0 heterocycles. The molecule has 0 fully saturated rings. The third-order valence-corrected chi connectivity index (χ3v) is 3.37. The van der Waals surface area contributed by atoms with Gasteiger partial charge in [0.2, 0.25) is 0 Å². The van der Waals surface area contributed by atoms with Crippen LogP contribution in [0.25, 0.3) is 0 Å². The molecule has 0 aliphatic heterocycles. The lowest BCUT2D eigenvalue weighted by Crippen LogP contribution is -2.20. The van der Waals surface area contributed by atoms with Crippen LogP contribution in [0.15, 0.2) is 42.5 Å². The molecule has 2 aromatic carbocycles. The Morgan fingerprint density at radius 3 is 2.50 bits per heavy atom. The summed E-state index contributed by atoms with van der Waals surface area (Å²) in [7, 11) is 0. The predicted octanol–water partition coefficient (Wildman–Crippen LogP) is 3.39. The molecule has 0 atom stereocenters. The summed E-state index contributed by atoms with van der Waals surface area (Å²) in [5.74, 6) is 0.467. The van der Waals surface area contributed by atoms with Gasteiger partial charge in [-0.15, -0.1) is 0 Å². The second-order valence-corrected chi connectivity index (χ2v) is 5.11. The van der Waals surface area contributed by atoms with Crippen molar-refractivity contribution in [3.8, 4) is 11.8 Å². The molecule has 1 N–H and O–H groups in total. The van der Waals surface area contributed by atoms with Gasteiger partial charge in [-0.1, -0.05) is 18.2 Å². The maximum atomic E-state index is 11.9. The first-order valence-electron chi connectivity index (χ1n) is 7.04. The van der Waals surface area contributed by atoms with Gasteiger partial charge in [0.25, 0.3) is 5.91 Å². The van der Waals surface area contributed by atoms with Crippen molar-refractivity contribution in [1.82, 2.24) is 0 Å². The average molecular weight is 294 g/mol. The summed E-state index contributed by atoms with van der Waals surface area (Å²) in [6, 6.07) is 15.0. The molecule has 22 heavy (non-hydrogen) atoms. The average Bonchev–Trinajstić information content (AvgIpc) is 2.51. The molecule has 0 bridgehead atoms. The standard InChI is InChI=1S/C18H18N2O2/c1-13-3-8-17(11-14(13)2)22-12-18(21)20-16-6-4-15(5-7-16)9-10-19/h3-8,11H,9,12H2,1-2H3,(H,20,21). The largest absolute Gasteiger partial charge is 0.484 e. The first-order chi connectivity index (χ1) is 10.6. The fourth-order valence-electron chi connectivity index (χ4n) is 1.95. The molecule has 2 aromatic rings. The third kappa shape index (κ3) is 4.35. The van der Waals surface area contributed by atoms with Crippen LogP contribution < -0.4 is 10.1 Å². The number of benzene rings is 2. The number of carbonyl (C=O) groups is 1. The molecule has 0 unspecified atom stereocenters. The minimum absolute atomic E-state index is 0.0392. The Labute approximate surface area is 130 Å². The van der Waals surface area contributed by atoms with Gasteiger partial charge in [0.05, 0.1) is 12.5 Å². The van der Waals surface area contributed by atoms with E-state index in [2.05, 4.69) is 11.4 Å². The predicted molar refractivity (Wildman–Crippen MR) is 85.8 cm³/mol. The van der Waals surface area contributed by atoms with E-state index in [4.69, 9.17) is 10.00 Å². The molecule has 4 heteroatoms. The molecular formula is C18H18N2O2. The summed E-state index contributed by atoms with van der Waals surface area (Å²) < 4.78 is 5.48. The van der Waals surface area contributed by atoms with E-state index < -0.39 is 0 Å². The fourth-order valence-corrected chi connectivity index (χ4v) is 1.95. The Hall–Kier alpha value is -2.80. The van der Waals surface area contributed by atoms with Gasteiger partial charge in [0.1, 0.15) is 5.75 Å². The van der Waals surface area contributed by atoms with Crippen LogP contribution in [0.1, 0.15) is 16.7 Å². The number of hydrogen-bond donors (Lipinski definition) is 1. The summed E-state index contributed by atoms with van der Waals surface area (Å²) >= 11 is 0. The van der Waals surface area contributed by atoms with Crippen LogP contribution in [0.4, 0.5) is 5.69 Å². The van der Waals surface area contributed by atoms with E-state index in [1.54, 1.807) is 12.1 Å². The first-order valence-corrected chi connectivity index (χ1v) is 7.04. The molecule has 0 spiro atoms. The molecule has 4 nitrogen and oxygen atoms in total. The maximum absolute atomic E-state index is 11.9. The zero-order chi connectivity index (χ0) is 15.9. The van der Waals surface area contributed by atoms with Gasteiger partial charge in [0.15, 0.2) is 6.61 Å². The molecule has 2 rings (SSSR count). The van der Waals surface area contributed by atoms with Gasteiger partial charge in [-0.25, -0.2) is 0 Å². The number of carbonyl (C=O) groups excluding carboxylic acids is 1. The Bertz CT molecular complexity index is 700. The number of rotatable bonds is 5. The highest BCUT2D eigenvalue weighted by Gasteiger charge is 2.04. The third-order valence-electron chi connectivity index (χ3n) is 3.37. The Morgan fingerprint density at radius 2 is 1.86 bits per heavy atom. The van der Waals surface area contributed by atoms with Crippen LogP contribution in [-0.2, 0) is 11.2 Å². The van der Waals surface area contributed by atoms with E-state index >= 15 is 0 Å². The minimum atomic E-state index is -0.216. The van der Waals surface area contributed by atoms with Crippen LogP contribution in [0, 0.1) is 25.2 Å². The number of aryl methyl sites for hydroxylation is 2. The number of nitrogens with zero attached hydrogens (tertiary/aromatic N) is 1. The number of hydrogen-bond acceptors (Lipinski definition) is 3. The van der Waals surface area contributed by atoms with Crippen LogP contribution in [-0.4, -0.2) is 12.5 Å². The van der Waals surface area contributed by atoms with Crippen LogP contribution in [0.2, 0.25) is 0 Å². The zero-order valence-electron chi connectivity index (χ0n) is 12.7. The second kappa shape index (κ2) is 7.28. The molecule has 0 aliphatic rings. The van der Waals surface area contributed by atoms with Crippen molar-refractivity contribution in [3.63, 3.8) is 0 Å². The van der Waals surface area contributed by atoms with Gasteiger partial charge in [-0.3, -0.25) is 4.79 Å². The fraction of sp³-hybridized carbons (Fsp3) is 0.222. The van der Waals surface area contributed by atoms with Crippen molar-refractivity contribution in [2.24, 2.45) is 0 Å². The van der Waals surface area contributed by atoms with E-state index in [0.717, 1.165) is 11.1 Å². The number of ether oxygens (including phenoxy) is 1. The second-order valence-electron chi connectivity index (χ2n) is 5.11. The summed E-state index contributed by atoms with van der Waals surface area (Å²) in [6.45, 7) is 4.00. The summed E-state index contributed by atoms with van der Waals surface area (Å²) in [5, 5.41) is 11.4. The first kappa shape index (κ1) is 15.6. The van der Waals surface area contributed by atoms with Crippen molar-refractivity contribution in [1.29, 1.82) is 5.26 Å². The highest BCUT2D eigenvalue weighted by atomic mass is 16.5. The number of anilines is 1. The highest BCUT2D eigenvalue weighted by Crippen LogP contribution is 2.16. The Morgan fingerprint density at radius 1 is 1.14 bits per heavy atom. The van der Waals surface area contributed by atoms with Crippen LogP contribution >= 0.6 is 0 Å². The highest BCUT2D eigenvalue weighted by molar-refractivity contribution is 5.91. The number of nitrogens with one attached hydrogen (secondary N) is 1. The molecule has 112 valence electrons. The molecule has 1 amide bonds. The number of nitriles is 1. The minimum Gasteiger partial charge on any atom is -0.484 e. The SMILES string of the molecule is Cc1ccc(OCC(=O)Nc2ccc(CC#N)cc2)cc1C. The normalized spacial score (nSPS) is 9.86. The van der Waals surface area contributed by atoms with Crippen molar-refractivity contribution >= 4 is 11.6 Å². The Balaban J connectivity index is 1.87. The summed E-state index contributed by atoms with van der Waals surface area (Å²) in [6.07, 6.45) is 0.365. The van der Waals surface area contributed by atoms with Crippen LogP contribution in [0.5, 0.6) is 5.75 Å². The molecule has 0 saturated heterocycles. The zero-order valence-corrected chi connectivity index (χ0v) is 12.7. The van der Waals surface area contributed by atoms with Crippen molar-refractivity contribution in [2.45, 2.75) is 20.3 Å². The quantitative estimate of drug-likeness (QED) is 0.919. The van der Waals surface area contributed by atoms with E-state index in [1.165, 1.54) is 5.56 Å². The van der Waals surface area contributed by atoms with Gasteiger partial charge in [-0.05, 0) is 54.8 Å². The lowest BCUT2D eigenvalue weighted by atomic mass is 10.1. The maximum Gasteiger partial charge on any atom is 0.262 e. The van der Waals surface area contributed by atoms with Gasteiger partial charge < -0.3 is 10.1 Å². The number of amides is 1. The van der Waals surface area contributed by atoms with Crippen molar-refractivity contribution in [3.05, 3.63) is 59.2 Å². The van der Waals surface area contributed by atoms with E-state index in [0.29, 0.717) is 17.9 Å². The summed E-state index contributed by atoms with van der Waals surface area (Å²) in [5.41, 5.74) is 3.93. The monoisotopic (exact) mass is 294 g/mol. The van der Waals surface area contributed by atoms with E-state index in [1.807, 2.05) is 44.2 Å². The molecule has 0 saturated carbocycles. The lowest BCUT2D eigenvalue weighted by Gasteiger charge is -2.09. The topological polar surface area (TPSA) is 62.1 Å². The van der Waals surface area contributed by atoms with E-state index in [9.17, 15) is 4.79 Å². The molecular weight excluding hydrogens is 276 g/mol. The van der Waals surface area contributed by atoms with E-state index in [-0.39, 0.29) is 12.5 Å². The summed E-state index contributed by atoms with van der Waals surface area (Å²) in [4.78, 5) is 11.9. The van der Waals surface area contributed by atoms with Gasteiger partial charge in [0, 0.05) is 5.69 Å². The van der Waals surface area contributed by atoms with Crippen LogP contribution in [0.3, 0.4) is 0 Å². The van der Waals surface area contributed by atoms with Crippen molar-refractivity contribution < 1.29 is 9.53 Å². The molecule has 0 radical (unpaired) electrons. The smallest absolute Gasteiger partial charge is 0.262 e.